The lowest BCUT2D eigenvalue weighted by Gasteiger charge is -2.19. The summed E-state index contributed by atoms with van der Waals surface area (Å²) in [5, 5.41) is 22.8. The molecule has 0 saturated heterocycles. The van der Waals surface area contributed by atoms with Crippen LogP contribution in [0.25, 0.3) is 0 Å². The van der Waals surface area contributed by atoms with Gasteiger partial charge in [0.05, 0.1) is 0 Å². The molecule has 1 aliphatic rings. The molecule has 1 aliphatic heterocycles. The number of phenolic OH excluding ortho intramolecular Hbond substituents is 2. The predicted octanol–water partition coefficient (Wildman–Crippen LogP) is 4.57. The standard InChI is InChI=1S/C17H16F3NO2S.BrH/c18-17(19,20)24-12-3-1-10(2-4-12)14-9-21-6-5-11-7-15(22)16(23)8-13(11)14;/h1-4,7-8,14,21-23H,5-6,9H2;1H. The van der Waals surface area contributed by atoms with Crippen molar-refractivity contribution in [3.05, 3.63) is 53.1 Å². The Bertz CT molecular complexity index is 738. The predicted molar refractivity (Wildman–Crippen MR) is 96.9 cm³/mol. The molecule has 0 fully saturated rings. The molecular formula is C17H17BrF3NO2S. The van der Waals surface area contributed by atoms with Crippen molar-refractivity contribution in [2.45, 2.75) is 22.7 Å². The Morgan fingerprint density at radius 1 is 1.04 bits per heavy atom. The van der Waals surface area contributed by atoms with Crippen molar-refractivity contribution in [1.29, 1.82) is 0 Å². The molecule has 3 nitrogen and oxygen atoms in total. The Kier molecular flexibility index (Phi) is 6.29. The summed E-state index contributed by atoms with van der Waals surface area (Å²) in [5.74, 6) is -0.449. The lowest BCUT2D eigenvalue weighted by molar-refractivity contribution is -0.0328. The fourth-order valence-electron chi connectivity index (χ4n) is 2.96. The summed E-state index contributed by atoms with van der Waals surface area (Å²) < 4.78 is 37.3. The number of hydrogen-bond acceptors (Lipinski definition) is 4. The monoisotopic (exact) mass is 435 g/mol. The highest BCUT2D eigenvalue weighted by Crippen LogP contribution is 2.39. The summed E-state index contributed by atoms with van der Waals surface area (Å²) in [6, 6.07) is 9.37. The highest BCUT2D eigenvalue weighted by atomic mass is 79.9. The number of halogens is 4. The molecule has 1 heterocycles. The van der Waals surface area contributed by atoms with Crippen LogP contribution in [0, 0.1) is 0 Å². The van der Waals surface area contributed by atoms with Gasteiger partial charge in [0.25, 0.3) is 0 Å². The van der Waals surface area contributed by atoms with Gasteiger partial charge in [0.15, 0.2) is 11.5 Å². The van der Waals surface area contributed by atoms with E-state index < -0.39 is 5.51 Å². The summed E-state index contributed by atoms with van der Waals surface area (Å²) in [6.45, 7) is 1.35. The zero-order valence-electron chi connectivity index (χ0n) is 13.0. The second-order valence-corrected chi connectivity index (χ2v) is 6.80. The maximum atomic E-state index is 12.4. The zero-order chi connectivity index (χ0) is 17.3. The molecule has 8 heteroatoms. The summed E-state index contributed by atoms with van der Waals surface area (Å²) in [4.78, 5) is 0.140. The number of nitrogens with one attached hydrogen (secondary N) is 1. The molecule has 3 rings (SSSR count). The van der Waals surface area contributed by atoms with Crippen LogP contribution in [0.1, 0.15) is 22.6 Å². The van der Waals surface area contributed by atoms with Crippen LogP contribution in [-0.2, 0) is 6.42 Å². The molecule has 25 heavy (non-hydrogen) atoms. The number of thioether (sulfide) groups is 1. The minimum atomic E-state index is -4.30. The average molecular weight is 436 g/mol. The first-order chi connectivity index (χ1) is 11.3. The van der Waals surface area contributed by atoms with E-state index in [1.165, 1.54) is 12.1 Å². The molecule has 136 valence electrons. The van der Waals surface area contributed by atoms with Gasteiger partial charge in [-0.25, -0.2) is 0 Å². The Labute approximate surface area is 158 Å². The van der Waals surface area contributed by atoms with Gasteiger partial charge in [0, 0.05) is 17.4 Å². The summed E-state index contributed by atoms with van der Waals surface area (Å²) in [6.07, 6.45) is 0.710. The Hall–Kier alpha value is -1.38. The number of phenols is 2. The number of aromatic hydroxyl groups is 2. The molecule has 0 aliphatic carbocycles. The highest BCUT2D eigenvalue weighted by molar-refractivity contribution is 8.93. The summed E-state index contributed by atoms with van der Waals surface area (Å²) in [5.41, 5.74) is -1.63. The quantitative estimate of drug-likeness (QED) is 0.477. The van der Waals surface area contributed by atoms with E-state index in [0.717, 1.165) is 23.2 Å². The molecule has 2 aromatic rings. The normalized spacial score (nSPS) is 17.3. The van der Waals surface area contributed by atoms with E-state index >= 15 is 0 Å². The number of rotatable bonds is 2. The molecule has 3 N–H and O–H groups in total. The van der Waals surface area contributed by atoms with Crippen molar-refractivity contribution in [1.82, 2.24) is 5.32 Å². The third kappa shape index (κ3) is 4.83. The first kappa shape index (κ1) is 19.9. The first-order valence-electron chi connectivity index (χ1n) is 7.44. The van der Waals surface area contributed by atoms with E-state index in [1.54, 1.807) is 24.3 Å². The van der Waals surface area contributed by atoms with Crippen LogP contribution < -0.4 is 5.32 Å². The van der Waals surface area contributed by atoms with Crippen molar-refractivity contribution in [2.75, 3.05) is 13.1 Å². The third-order valence-electron chi connectivity index (χ3n) is 4.05. The minimum Gasteiger partial charge on any atom is -0.504 e. The van der Waals surface area contributed by atoms with Crippen molar-refractivity contribution in [2.24, 2.45) is 0 Å². The van der Waals surface area contributed by atoms with Gasteiger partial charge in [-0.1, -0.05) is 12.1 Å². The van der Waals surface area contributed by atoms with Gasteiger partial charge in [-0.05, 0) is 65.7 Å². The number of hydrogen-bond donors (Lipinski definition) is 3. The maximum absolute atomic E-state index is 12.4. The maximum Gasteiger partial charge on any atom is 0.446 e. The van der Waals surface area contributed by atoms with Gasteiger partial charge in [-0.2, -0.15) is 13.2 Å². The lowest BCUT2D eigenvalue weighted by Crippen LogP contribution is -2.20. The van der Waals surface area contributed by atoms with Crippen LogP contribution in [0.4, 0.5) is 13.2 Å². The largest absolute Gasteiger partial charge is 0.504 e. The molecule has 0 radical (unpaired) electrons. The smallest absolute Gasteiger partial charge is 0.446 e. The molecule has 1 unspecified atom stereocenters. The molecule has 0 saturated carbocycles. The second kappa shape index (κ2) is 7.88. The minimum absolute atomic E-state index is 0. The SMILES string of the molecule is Br.Oc1cc2c(cc1O)C(c1ccc(SC(F)(F)F)cc1)CNCC2. The highest BCUT2D eigenvalue weighted by Gasteiger charge is 2.29. The molecule has 0 bridgehead atoms. The van der Waals surface area contributed by atoms with E-state index in [9.17, 15) is 23.4 Å². The molecular weight excluding hydrogens is 419 g/mol. The van der Waals surface area contributed by atoms with Crippen molar-refractivity contribution >= 4 is 28.7 Å². The Balaban J connectivity index is 0.00000225. The topological polar surface area (TPSA) is 52.5 Å². The molecule has 0 spiro atoms. The van der Waals surface area contributed by atoms with E-state index in [-0.39, 0.29) is 51.1 Å². The number of benzene rings is 2. The van der Waals surface area contributed by atoms with Gasteiger partial charge in [0.2, 0.25) is 0 Å². The van der Waals surface area contributed by atoms with E-state index in [4.69, 9.17) is 0 Å². The van der Waals surface area contributed by atoms with Crippen LogP contribution in [-0.4, -0.2) is 28.8 Å². The molecule has 1 atom stereocenters. The van der Waals surface area contributed by atoms with E-state index in [2.05, 4.69) is 5.32 Å². The van der Waals surface area contributed by atoms with Crippen LogP contribution in [0.3, 0.4) is 0 Å². The van der Waals surface area contributed by atoms with Crippen molar-refractivity contribution in [3.63, 3.8) is 0 Å². The number of alkyl halides is 3. The van der Waals surface area contributed by atoms with Crippen LogP contribution >= 0.6 is 28.7 Å². The number of fused-ring (bicyclic) bond motifs is 1. The zero-order valence-corrected chi connectivity index (χ0v) is 15.5. The van der Waals surface area contributed by atoms with Crippen molar-refractivity contribution < 1.29 is 23.4 Å². The van der Waals surface area contributed by atoms with Gasteiger partial charge in [-0.3, -0.25) is 0 Å². The van der Waals surface area contributed by atoms with Crippen LogP contribution in [0.5, 0.6) is 11.5 Å². The van der Waals surface area contributed by atoms with Gasteiger partial charge in [-0.15, -0.1) is 17.0 Å². The average Bonchev–Trinajstić information content (AvgIpc) is 2.69. The van der Waals surface area contributed by atoms with Crippen LogP contribution in [0.15, 0.2) is 41.3 Å². The second-order valence-electron chi connectivity index (χ2n) is 5.66. The summed E-state index contributed by atoms with van der Waals surface area (Å²) in [7, 11) is 0. The van der Waals surface area contributed by atoms with E-state index in [1.807, 2.05) is 0 Å². The van der Waals surface area contributed by atoms with Crippen molar-refractivity contribution in [3.8, 4) is 11.5 Å². The Morgan fingerprint density at radius 2 is 1.68 bits per heavy atom. The molecule has 0 amide bonds. The first-order valence-corrected chi connectivity index (χ1v) is 8.26. The van der Waals surface area contributed by atoms with Gasteiger partial charge in [0.1, 0.15) is 0 Å². The molecule has 2 aromatic carbocycles. The lowest BCUT2D eigenvalue weighted by atomic mass is 9.88. The fraction of sp³-hybridized carbons (Fsp3) is 0.294. The fourth-order valence-corrected chi connectivity index (χ4v) is 3.50. The Morgan fingerprint density at radius 3 is 2.32 bits per heavy atom. The van der Waals surface area contributed by atoms with Gasteiger partial charge >= 0.3 is 5.51 Å². The summed E-state index contributed by atoms with van der Waals surface area (Å²) >= 11 is -0.138. The third-order valence-corrected chi connectivity index (χ3v) is 4.79. The van der Waals surface area contributed by atoms with E-state index in [0.29, 0.717) is 13.0 Å². The van der Waals surface area contributed by atoms with Gasteiger partial charge < -0.3 is 15.5 Å². The van der Waals surface area contributed by atoms with Crippen LogP contribution in [0.2, 0.25) is 0 Å². The molecule has 0 aromatic heterocycles.